The number of ether oxygens (including phenoxy) is 5. The number of rotatable bonds is 7. The molecular formula is C41H70O14. The van der Waals surface area contributed by atoms with E-state index < -0.39 is 96.8 Å². The first-order valence-corrected chi connectivity index (χ1v) is 20.8. The first-order valence-electron chi connectivity index (χ1n) is 20.8. The first kappa shape index (κ1) is 42.6. The van der Waals surface area contributed by atoms with E-state index in [0.717, 1.165) is 19.3 Å². The number of hydrogen-bond donors (Lipinski definition) is 9. The molecule has 7 rings (SSSR count). The van der Waals surface area contributed by atoms with Gasteiger partial charge in [-0.2, -0.15) is 0 Å². The van der Waals surface area contributed by atoms with Crippen LogP contribution in [0.5, 0.6) is 0 Å². The Hall–Kier alpha value is -0.560. The highest BCUT2D eigenvalue weighted by Gasteiger charge is 2.73. The van der Waals surface area contributed by atoms with E-state index in [4.69, 9.17) is 23.7 Å². The molecule has 7 aliphatic rings. The van der Waals surface area contributed by atoms with Crippen molar-refractivity contribution in [2.24, 2.45) is 45.3 Å². The third-order valence-electron chi connectivity index (χ3n) is 17.1. The van der Waals surface area contributed by atoms with Gasteiger partial charge in [0.2, 0.25) is 0 Å². The smallest absolute Gasteiger partial charge is 0.187 e. The van der Waals surface area contributed by atoms with Crippen molar-refractivity contribution in [2.75, 3.05) is 13.2 Å². The third kappa shape index (κ3) is 6.42. The predicted molar refractivity (Wildman–Crippen MR) is 196 cm³/mol. The van der Waals surface area contributed by atoms with E-state index in [1.165, 1.54) is 0 Å². The molecule has 0 aromatic carbocycles. The van der Waals surface area contributed by atoms with Crippen LogP contribution in [0, 0.1) is 45.3 Å². The molecular weight excluding hydrogens is 716 g/mol. The van der Waals surface area contributed by atoms with E-state index in [-0.39, 0.29) is 46.7 Å². The molecule has 21 atom stereocenters. The number of hydrogen-bond acceptors (Lipinski definition) is 14. The normalized spacial score (nSPS) is 56.8. The lowest BCUT2D eigenvalue weighted by molar-refractivity contribution is -0.334. The summed E-state index contributed by atoms with van der Waals surface area (Å²) < 4.78 is 31.0. The lowest BCUT2D eigenvalue weighted by Gasteiger charge is -2.69. The quantitative estimate of drug-likeness (QED) is 0.164. The van der Waals surface area contributed by atoms with Crippen LogP contribution in [0.2, 0.25) is 0 Å². The zero-order valence-electron chi connectivity index (χ0n) is 34.0. The molecule has 7 fully saturated rings. The first-order chi connectivity index (χ1) is 25.5. The molecule has 3 aliphatic heterocycles. The van der Waals surface area contributed by atoms with Gasteiger partial charge in [-0.1, -0.05) is 34.6 Å². The summed E-state index contributed by atoms with van der Waals surface area (Å²) in [6.07, 6.45) is -8.16. The largest absolute Gasteiger partial charge is 0.394 e. The van der Waals surface area contributed by atoms with Gasteiger partial charge in [0.05, 0.1) is 48.8 Å². The lowest BCUT2D eigenvalue weighted by Crippen LogP contribution is -2.66. The highest BCUT2D eigenvalue weighted by Crippen LogP contribution is 2.75. The molecule has 0 bridgehead atoms. The van der Waals surface area contributed by atoms with Crippen LogP contribution in [0.3, 0.4) is 0 Å². The van der Waals surface area contributed by atoms with Crippen LogP contribution in [0.4, 0.5) is 0 Å². The summed E-state index contributed by atoms with van der Waals surface area (Å²) in [6, 6.07) is 0. The van der Waals surface area contributed by atoms with Crippen molar-refractivity contribution in [3.8, 4) is 0 Å². The average molecular weight is 787 g/mol. The molecule has 14 heteroatoms. The third-order valence-corrected chi connectivity index (χ3v) is 17.1. The van der Waals surface area contributed by atoms with Gasteiger partial charge in [0.25, 0.3) is 0 Å². The Morgan fingerprint density at radius 3 is 2.02 bits per heavy atom. The minimum Gasteiger partial charge on any atom is -0.394 e. The molecule has 9 N–H and O–H groups in total. The second-order valence-corrected chi connectivity index (χ2v) is 20.7. The van der Waals surface area contributed by atoms with Gasteiger partial charge < -0.3 is 69.6 Å². The fourth-order valence-electron chi connectivity index (χ4n) is 14.2. The van der Waals surface area contributed by atoms with E-state index in [2.05, 4.69) is 41.5 Å². The van der Waals surface area contributed by atoms with Crippen molar-refractivity contribution in [1.82, 2.24) is 0 Å². The summed E-state index contributed by atoms with van der Waals surface area (Å²) in [6.45, 7) is 16.3. The fourth-order valence-corrected chi connectivity index (χ4v) is 14.2. The van der Waals surface area contributed by atoms with Gasteiger partial charge in [-0.15, -0.1) is 0 Å². The van der Waals surface area contributed by atoms with Crippen LogP contribution in [0.15, 0.2) is 0 Å². The Bertz CT molecular complexity index is 1400. The fraction of sp³-hybridized carbons (Fsp3) is 1.00. The van der Waals surface area contributed by atoms with Crippen LogP contribution in [-0.2, 0) is 23.7 Å². The molecule has 0 amide bonds. The summed E-state index contributed by atoms with van der Waals surface area (Å²) in [4.78, 5) is 0. The number of fused-ring (bicyclic) bond motifs is 5. The second kappa shape index (κ2) is 14.3. The molecule has 4 aliphatic carbocycles. The van der Waals surface area contributed by atoms with Crippen LogP contribution in [-0.4, -0.2) is 150 Å². The highest BCUT2D eigenvalue weighted by atomic mass is 16.7. The van der Waals surface area contributed by atoms with Crippen molar-refractivity contribution in [2.45, 2.75) is 198 Å². The maximum atomic E-state index is 12.3. The lowest BCUT2D eigenvalue weighted by atomic mass is 9.37. The zero-order valence-corrected chi connectivity index (χ0v) is 34.0. The molecule has 14 nitrogen and oxygen atoms in total. The van der Waals surface area contributed by atoms with E-state index in [1.807, 2.05) is 13.8 Å². The Morgan fingerprint density at radius 1 is 0.673 bits per heavy atom. The molecule has 0 unspecified atom stereocenters. The topological polar surface area (TPSA) is 228 Å². The van der Waals surface area contributed by atoms with Crippen molar-refractivity contribution in [3.05, 3.63) is 0 Å². The van der Waals surface area contributed by atoms with Crippen molar-refractivity contribution in [3.63, 3.8) is 0 Å². The average Bonchev–Trinajstić information content (AvgIpc) is 3.60. The summed E-state index contributed by atoms with van der Waals surface area (Å²) in [5, 5.41) is 96.4. The minimum absolute atomic E-state index is 0.103. The minimum atomic E-state index is -1.55. The Morgan fingerprint density at radius 2 is 1.35 bits per heavy atom. The predicted octanol–water partition coefficient (Wildman–Crippen LogP) is 0.970. The van der Waals surface area contributed by atoms with E-state index in [9.17, 15) is 46.0 Å². The molecule has 4 saturated carbocycles. The second-order valence-electron chi connectivity index (χ2n) is 20.7. The molecule has 0 radical (unpaired) electrons. The Balaban J connectivity index is 1.08. The highest BCUT2D eigenvalue weighted by molar-refractivity contribution is 5.22. The van der Waals surface area contributed by atoms with Gasteiger partial charge in [0.1, 0.15) is 42.7 Å². The van der Waals surface area contributed by atoms with Crippen LogP contribution in [0.1, 0.15) is 107 Å². The molecule has 0 spiro atoms. The van der Waals surface area contributed by atoms with E-state index >= 15 is 0 Å². The molecule has 318 valence electrons. The summed E-state index contributed by atoms with van der Waals surface area (Å²) in [5.74, 6) is 0.156. The standard InChI is InChI=1S/C41H70O14/c1-36(2)25(53-34-30(49)27(46)23(45)18-51-34)10-12-38(5)19-9-13-39(6)33(22(44)16-40(39,7)20(19)15-21(43)32(36)38)41(8)14-11-26(54-41)37(3,4)55-35-31(50)29(48)28(47)24(17-42)52-35/h19-35,42-50H,9-18H2,1-8H3/t19-,20+,21-,22+,23-,24+,25-,26-,27+,28+,29-,30+,31+,32-,33-,34+,35-,38+,39+,40-,41+/m1/s1. The molecule has 55 heavy (non-hydrogen) atoms. The van der Waals surface area contributed by atoms with Crippen LogP contribution in [0.25, 0.3) is 0 Å². The number of aliphatic hydroxyl groups is 9. The van der Waals surface area contributed by atoms with Gasteiger partial charge in [0.15, 0.2) is 12.6 Å². The van der Waals surface area contributed by atoms with Gasteiger partial charge in [-0.05, 0) is 112 Å². The summed E-state index contributed by atoms with van der Waals surface area (Å²) >= 11 is 0. The molecule has 0 aromatic rings. The maximum absolute atomic E-state index is 12.3. The summed E-state index contributed by atoms with van der Waals surface area (Å²) in [7, 11) is 0. The zero-order chi connectivity index (χ0) is 40.4. The van der Waals surface area contributed by atoms with Gasteiger partial charge in [-0.3, -0.25) is 0 Å². The molecule has 3 heterocycles. The van der Waals surface area contributed by atoms with Gasteiger partial charge >= 0.3 is 0 Å². The van der Waals surface area contributed by atoms with Crippen molar-refractivity contribution < 1.29 is 69.6 Å². The van der Waals surface area contributed by atoms with Crippen LogP contribution >= 0.6 is 0 Å². The number of aliphatic hydroxyl groups excluding tert-OH is 9. The SMILES string of the molecule is CC(C)(O[C@H]1O[C@@H](CO)[C@H](O)[C@@H](O)[C@@H]1O)[C@H]1CC[C@@](C)([C@@H]2[C@@H](O)C[C@]3(C)[C@H]4C[C@@H](O)[C@@H]5C(C)(C)[C@H](O[C@@H]6OC[C@@H](O)[C@H](O)[C@@H]6O)CC[C@@]5(C)[C@@H]4CC[C@@]23C)O1. The van der Waals surface area contributed by atoms with E-state index in [1.54, 1.807) is 0 Å². The Labute approximate surface area is 325 Å². The monoisotopic (exact) mass is 786 g/mol. The van der Waals surface area contributed by atoms with Crippen molar-refractivity contribution >= 4 is 0 Å². The molecule has 0 aromatic heterocycles. The summed E-state index contributed by atoms with van der Waals surface area (Å²) in [5.41, 5.74) is -3.01. The van der Waals surface area contributed by atoms with Crippen LogP contribution < -0.4 is 0 Å². The Kier molecular flexibility index (Phi) is 11.1. The maximum Gasteiger partial charge on any atom is 0.187 e. The van der Waals surface area contributed by atoms with Gasteiger partial charge in [0, 0.05) is 5.92 Å². The van der Waals surface area contributed by atoms with E-state index in [0.29, 0.717) is 38.0 Å². The van der Waals surface area contributed by atoms with Crippen molar-refractivity contribution in [1.29, 1.82) is 0 Å². The molecule has 3 saturated heterocycles. The van der Waals surface area contributed by atoms with Gasteiger partial charge in [-0.25, -0.2) is 0 Å².